The van der Waals surface area contributed by atoms with Gasteiger partial charge in [0.2, 0.25) is 5.91 Å². The predicted octanol–water partition coefficient (Wildman–Crippen LogP) is 3.04. The Morgan fingerprint density at radius 2 is 2.00 bits per heavy atom. The number of nitrogens with zero attached hydrogens (tertiary/aromatic N) is 4. The summed E-state index contributed by atoms with van der Waals surface area (Å²) in [5.74, 6) is -0.245. The van der Waals surface area contributed by atoms with Gasteiger partial charge in [-0.15, -0.1) is 0 Å². The summed E-state index contributed by atoms with van der Waals surface area (Å²) in [6, 6.07) is 7.68. The lowest BCUT2D eigenvalue weighted by Crippen LogP contribution is -2.29. The third-order valence-electron chi connectivity index (χ3n) is 4.99. The number of benzene rings is 1. The molecular weight excluding hydrogens is 374 g/mol. The number of carbonyl (C=O) groups is 1. The third kappa shape index (κ3) is 3.77. The van der Waals surface area contributed by atoms with Crippen LogP contribution in [-0.4, -0.2) is 33.5 Å². The number of para-hydroxylation sites is 1. The van der Waals surface area contributed by atoms with Crippen LogP contribution in [0.25, 0.3) is 10.3 Å². The molecule has 0 bridgehead atoms. The summed E-state index contributed by atoms with van der Waals surface area (Å²) in [6.45, 7) is 3.90. The van der Waals surface area contributed by atoms with E-state index in [0.717, 1.165) is 48.7 Å². The van der Waals surface area contributed by atoms with Crippen molar-refractivity contribution in [1.82, 2.24) is 14.5 Å². The Labute approximate surface area is 167 Å². The first-order valence-corrected chi connectivity index (χ1v) is 10.5. The number of nitrogens with one attached hydrogen (secondary N) is 1. The van der Waals surface area contributed by atoms with E-state index in [1.54, 1.807) is 0 Å². The number of hydrogen-bond acceptors (Lipinski definition) is 6. The first kappa shape index (κ1) is 18.6. The van der Waals surface area contributed by atoms with E-state index >= 15 is 0 Å². The van der Waals surface area contributed by atoms with Crippen LogP contribution in [0.5, 0.6) is 0 Å². The maximum absolute atomic E-state index is 12.8. The van der Waals surface area contributed by atoms with Crippen molar-refractivity contribution in [3.63, 3.8) is 0 Å². The topological polar surface area (TPSA) is 80.1 Å². The van der Waals surface area contributed by atoms with Crippen molar-refractivity contribution in [2.45, 2.75) is 39.2 Å². The molecule has 1 fully saturated rings. The highest BCUT2D eigenvalue weighted by atomic mass is 32.1. The van der Waals surface area contributed by atoms with Crippen molar-refractivity contribution >= 4 is 38.4 Å². The fraction of sp³-hybridized carbons (Fsp3) is 0.400. The van der Waals surface area contributed by atoms with Crippen molar-refractivity contribution in [2.75, 3.05) is 23.3 Å². The zero-order valence-corrected chi connectivity index (χ0v) is 16.7. The number of anilines is 2. The quantitative estimate of drug-likeness (QED) is 0.716. The summed E-state index contributed by atoms with van der Waals surface area (Å²) in [6.07, 6.45) is 5.77. The second-order valence-corrected chi connectivity index (χ2v) is 7.91. The molecule has 1 aromatic carbocycles. The number of thiazole rings is 1. The van der Waals surface area contributed by atoms with E-state index in [1.165, 1.54) is 28.7 Å². The smallest absolute Gasteiger partial charge is 0.273 e. The molecule has 1 N–H and O–H groups in total. The fourth-order valence-electron chi connectivity index (χ4n) is 3.46. The summed E-state index contributed by atoms with van der Waals surface area (Å²) in [5.41, 5.74) is 2.08. The average Bonchev–Trinajstić information content (AvgIpc) is 3.16. The minimum Gasteiger partial charge on any atom is -0.348 e. The summed E-state index contributed by atoms with van der Waals surface area (Å²) in [5, 5.41) is 3.74. The highest BCUT2D eigenvalue weighted by Gasteiger charge is 2.18. The first-order valence-electron chi connectivity index (χ1n) is 9.64. The van der Waals surface area contributed by atoms with E-state index in [-0.39, 0.29) is 18.0 Å². The molecule has 8 heteroatoms. The van der Waals surface area contributed by atoms with Crippen LogP contribution < -0.4 is 15.8 Å². The summed E-state index contributed by atoms with van der Waals surface area (Å²) in [7, 11) is 0. The molecule has 0 saturated carbocycles. The van der Waals surface area contributed by atoms with Gasteiger partial charge in [-0.25, -0.2) is 4.98 Å². The number of rotatable bonds is 5. The van der Waals surface area contributed by atoms with Gasteiger partial charge in [0.1, 0.15) is 17.6 Å². The lowest BCUT2D eigenvalue weighted by molar-refractivity contribution is -0.116. The fourth-order valence-corrected chi connectivity index (χ4v) is 4.48. The van der Waals surface area contributed by atoms with Crippen LogP contribution >= 0.6 is 11.3 Å². The van der Waals surface area contributed by atoms with Gasteiger partial charge >= 0.3 is 0 Å². The zero-order chi connectivity index (χ0) is 19.5. The zero-order valence-electron chi connectivity index (χ0n) is 15.9. The SMILES string of the molecule is CCc1ccccc1NC(=O)Cn1cnc2nc(N3CCCCC3)sc2c1=O. The van der Waals surface area contributed by atoms with E-state index in [0.29, 0.717) is 10.3 Å². The van der Waals surface area contributed by atoms with Crippen LogP contribution in [0.4, 0.5) is 10.8 Å². The number of aromatic nitrogens is 3. The molecule has 3 aromatic rings. The molecule has 3 heterocycles. The Bertz CT molecular complexity index is 1050. The van der Waals surface area contributed by atoms with Gasteiger partial charge in [0.15, 0.2) is 10.8 Å². The number of hydrogen-bond donors (Lipinski definition) is 1. The molecule has 0 aliphatic carbocycles. The third-order valence-corrected chi connectivity index (χ3v) is 6.08. The molecule has 28 heavy (non-hydrogen) atoms. The van der Waals surface area contributed by atoms with E-state index < -0.39 is 0 Å². The largest absolute Gasteiger partial charge is 0.348 e. The number of amides is 1. The van der Waals surface area contributed by atoms with Gasteiger partial charge in [-0.1, -0.05) is 36.5 Å². The molecular formula is C20H23N5O2S. The number of fused-ring (bicyclic) bond motifs is 1. The molecule has 2 aromatic heterocycles. The highest BCUT2D eigenvalue weighted by Crippen LogP contribution is 2.27. The number of carbonyl (C=O) groups excluding carboxylic acids is 1. The van der Waals surface area contributed by atoms with Crippen molar-refractivity contribution < 1.29 is 4.79 Å². The van der Waals surface area contributed by atoms with Crippen LogP contribution in [0.1, 0.15) is 31.7 Å². The molecule has 1 amide bonds. The number of aryl methyl sites for hydroxylation is 1. The van der Waals surface area contributed by atoms with Crippen molar-refractivity contribution in [3.8, 4) is 0 Å². The maximum Gasteiger partial charge on any atom is 0.273 e. The van der Waals surface area contributed by atoms with E-state index in [4.69, 9.17) is 0 Å². The van der Waals surface area contributed by atoms with Crippen molar-refractivity contribution in [1.29, 1.82) is 0 Å². The normalized spacial score (nSPS) is 14.4. The Morgan fingerprint density at radius 1 is 1.21 bits per heavy atom. The van der Waals surface area contributed by atoms with Gasteiger partial charge in [0.05, 0.1) is 0 Å². The van der Waals surface area contributed by atoms with E-state index in [2.05, 4.69) is 20.2 Å². The lowest BCUT2D eigenvalue weighted by atomic mass is 10.1. The molecule has 1 aliphatic heterocycles. The summed E-state index contributed by atoms with van der Waals surface area (Å²) < 4.78 is 1.86. The Kier molecular flexibility index (Phi) is 5.38. The Hall–Kier alpha value is -2.74. The molecule has 0 unspecified atom stereocenters. The van der Waals surface area contributed by atoms with Gasteiger partial charge in [-0.05, 0) is 37.3 Å². The molecule has 0 radical (unpaired) electrons. The van der Waals surface area contributed by atoms with Crippen LogP contribution in [-0.2, 0) is 17.8 Å². The minimum absolute atomic E-state index is 0.0726. The first-order chi connectivity index (χ1) is 13.7. The van der Waals surface area contributed by atoms with Gasteiger partial charge in [-0.3, -0.25) is 14.2 Å². The average molecular weight is 398 g/mol. The standard InChI is InChI=1S/C20H23N5O2S/c1-2-14-8-4-5-9-15(14)22-16(26)12-25-13-21-18-17(19(25)27)28-20(23-18)24-10-6-3-7-11-24/h4-5,8-9,13H,2-3,6-7,10-12H2,1H3,(H,22,26). The van der Waals surface area contributed by atoms with Gasteiger partial charge in [-0.2, -0.15) is 4.98 Å². The summed E-state index contributed by atoms with van der Waals surface area (Å²) in [4.78, 5) is 36.4. The molecule has 1 saturated heterocycles. The second-order valence-electron chi connectivity index (χ2n) is 6.93. The second kappa shape index (κ2) is 8.10. The minimum atomic E-state index is -0.245. The maximum atomic E-state index is 12.8. The van der Waals surface area contributed by atoms with Crippen molar-refractivity contribution in [2.24, 2.45) is 0 Å². The summed E-state index contributed by atoms with van der Waals surface area (Å²) >= 11 is 1.37. The van der Waals surface area contributed by atoms with Crippen LogP contribution in [0.2, 0.25) is 0 Å². The van der Waals surface area contributed by atoms with Crippen LogP contribution in [0.3, 0.4) is 0 Å². The van der Waals surface area contributed by atoms with Crippen molar-refractivity contribution in [3.05, 3.63) is 46.5 Å². The van der Waals surface area contributed by atoms with E-state index in [1.807, 2.05) is 31.2 Å². The molecule has 7 nitrogen and oxygen atoms in total. The Balaban J connectivity index is 1.54. The van der Waals surface area contributed by atoms with E-state index in [9.17, 15) is 9.59 Å². The monoisotopic (exact) mass is 397 g/mol. The molecule has 0 spiro atoms. The number of piperidine rings is 1. The van der Waals surface area contributed by atoms with Gasteiger partial charge in [0.25, 0.3) is 5.56 Å². The predicted molar refractivity (Wildman–Crippen MR) is 112 cm³/mol. The molecule has 4 rings (SSSR count). The van der Waals surface area contributed by atoms with Gasteiger partial charge in [0, 0.05) is 18.8 Å². The molecule has 0 atom stereocenters. The van der Waals surface area contributed by atoms with Crippen LogP contribution in [0, 0.1) is 0 Å². The van der Waals surface area contributed by atoms with Gasteiger partial charge < -0.3 is 10.2 Å². The molecule has 146 valence electrons. The molecule has 1 aliphatic rings. The Morgan fingerprint density at radius 3 is 2.79 bits per heavy atom. The lowest BCUT2D eigenvalue weighted by Gasteiger charge is -2.25. The van der Waals surface area contributed by atoms with Crippen LogP contribution in [0.15, 0.2) is 35.4 Å². The highest BCUT2D eigenvalue weighted by molar-refractivity contribution is 7.22.